The Morgan fingerprint density at radius 1 is 1.19 bits per heavy atom. The van der Waals surface area contributed by atoms with Gasteiger partial charge < -0.3 is 10.2 Å². The Morgan fingerprint density at radius 2 is 2.03 bits per heavy atom. The molecular weight excluding hydrogens is 390 g/mol. The number of aryl methyl sites for hydroxylation is 3. The Balaban J connectivity index is 1.55. The molecule has 0 unspecified atom stereocenters. The van der Waals surface area contributed by atoms with Crippen LogP contribution < -0.4 is 5.32 Å². The molecule has 4 heterocycles. The molecule has 3 aromatic heterocycles. The van der Waals surface area contributed by atoms with Gasteiger partial charge in [0.05, 0.1) is 17.4 Å². The average Bonchev–Trinajstić information content (AvgIpc) is 3.32. The minimum atomic E-state index is -0.0702. The van der Waals surface area contributed by atoms with Crippen molar-refractivity contribution in [3.8, 4) is 0 Å². The number of aromatic nitrogens is 5. The van der Waals surface area contributed by atoms with E-state index in [0.717, 1.165) is 41.3 Å². The number of amides is 1. The van der Waals surface area contributed by atoms with Crippen LogP contribution >= 0.6 is 0 Å². The molecule has 1 atom stereocenters. The number of anilines is 2. The maximum atomic E-state index is 13.0. The van der Waals surface area contributed by atoms with Gasteiger partial charge in [-0.15, -0.1) is 0 Å². The molecule has 0 bridgehead atoms. The highest BCUT2D eigenvalue weighted by molar-refractivity contribution is 5.92. The van der Waals surface area contributed by atoms with Crippen molar-refractivity contribution in [3.63, 3.8) is 0 Å². The lowest BCUT2D eigenvalue weighted by atomic mass is 10.1. The third-order valence-corrected chi connectivity index (χ3v) is 5.61. The molecule has 1 N–H and O–H groups in total. The largest absolute Gasteiger partial charge is 0.331 e. The maximum Gasteiger partial charge on any atom is 0.247 e. The molecule has 8 heteroatoms. The van der Waals surface area contributed by atoms with Gasteiger partial charge in [0.25, 0.3) is 0 Å². The molecule has 0 radical (unpaired) electrons. The fraction of sp³-hybridized carbons (Fsp3) is 0.348. The number of carbonyl (C=O) groups is 1. The standard InChI is InChI=1S/C23H27N7O/c1-15-18(16(2)29(4)28-15)10-11-23(31)30-13-7-8-20(30)19-14-22(26-17(3)25-19)27-21-9-5-6-12-24-21/h5-6,9-12,14,20H,7-8,13H2,1-4H3,(H,24,25,26,27)/b11-10+/t20-/m0/s1. The van der Waals surface area contributed by atoms with Gasteiger partial charge in [-0.25, -0.2) is 15.0 Å². The molecule has 1 amide bonds. The van der Waals surface area contributed by atoms with Gasteiger partial charge in [0.1, 0.15) is 17.5 Å². The van der Waals surface area contributed by atoms with Crippen LogP contribution in [0.25, 0.3) is 6.08 Å². The van der Waals surface area contributed by atoms with Crippen molar-refractivity contribution in [3.05, 3.63) is 65.0 Å². The number of likely N-dealkylation sites (tertiary alicyclic amines) is 1. The summed E-state index contributed by atoms with van der Waals surface area (Å²) in [4.78, 5) is 28.3. The first-order valence-electron chi connectivity index (χ1n) is 10.4. The molecule has 0 aliphatic carbocycles. The molecule has 1 saturated heterocycles. The fourth-order valence-electron chi connectivity index (χ4n) is 4.01. The molecule has 0 spiro atoms. The number of nitrogens with one attached hydrogen (secondary N) is 1. The van der Waals surface area contributed by atoms with Crippen molar-refractivity contribution >= 4 is 23.6 Å². The molecule has 0 aromatic carbocycles. The van der Waals surface area contributed by atoms with Crippen LogP contribution in [0.15, 0.2) is 36.5 Å². The summed E-state index contributed by atoms with van der Waals surface area (Å²) in [6, 6.07) is 7.51. The zero-order chi connectivity index (χ0) is 22.0. The van der Waals surface area contributed by atoms with E-state index in [0.29, 0.717) is 18.2 Å². The number of rotatable bonds is 5. The second kappa shape index (κ2) is 8.67. The minimum absolute atomic E-state index is 0.0133. The Hall–Kier alpha value is -3.55. The van der Waals surface area contributed by atoms with Crippen LogP contribution in [0.4, 0.5) is 11.6 Å². The first-order valence-corrected chi connectivity index (χ1v) is 10.4. The van der Waals surface area contributed by atoms with E-state index in [-0.39, 0.29) is 11.9 Å². The molecule has 1 aliphatic heterocycles. The summed E-state index contributed by atoms with van der Waals surface area (Å²) in [5.41, 5.74) is 3.79. The average molecular weight is 418 g/mol. The summed E-state index contributed by atoms with van der Waals surface area (Å²) >= 11 is 0. The van der Waals surface area contributed by atoms with Crippen LogP contribution in [0.5, 0.6) is 0 Å². The Morgan fingerprint density at radius 3 is 2.74 bits per heavy atom. The van der Waals surface area contributed by atoms with E-state index in [4.69, 9.17) is 0 Å². The van der Waals surface area contributed by atoms with Crippen LogP contribution in [-0.2, 0) is 11.8 Å². The first-order chi connectivity index (χ1) is 14.9. The quantitative estimate of drug-likeness (QED) is 0.638. The van der Waals surface area contributed by atoms with E-state index < -0.39 is 0 Å². The van der Waals surface area contributed by atoms with Crippen LogP contribution in [-0.4, -0.2) is 42.1 Å². The van der Waals surface area contributed by atoms with E-state index in [1.807, 2.05) is 67.7 Å². The van der Waals surface area contributed by atoms with Crippen molar-refractivity contribution in [1.82, 2.24) is 29.6 Å². The summed E-state index contributed by atoms with van der Waals surface area (Å²) < 4.78 is 1.83. The van der Waals surface area contributed by atoms with Gasteiger partial charge in [0.15, 0.2) is 0 Å². The molecular formula is C23H27N7O. The monoisotopic (exact) mass is 417 g/mol. The molecule has 8 nitrogen and oxygen atoms in total. The van der Waals surface area contributed by atoms with Crippen molar-refractivity contribution in [2.75, 3.05) is 11.9 Å². The maximum absolute atomic E-state index is 13.0. The normalized spacial score (nSPS) is 16.3. The van der Waals surface area contributed by atoms with E-state index in [2.05, 4.69) is 25.4 Å². The summed E-state index contributed by atoms with van der Waals surface area (Å²) in [6.45, 7) is 6.53. The summed E-state index contributed by atoms with van der Waals surface area (Å²) in [7, 11) is 1.91. The Kier molecular flexibility index (Phi) is 5.79. The lowest BCUT2D eigenvalue weighted by Crippen LogP contribution is -2.29. The smallest absolute Gasteiger partial charge is 0.247 e. The highest BCUT2D eigenvalue weighted by atomic mass is 16.2. The van der Waals surface area contributed by atoms with Crippen molar-refractivity contribution in [2.24, 2.45) is 7.05 Å². The topological polar surface area (TPSA) is 88.8 Å². The van der Waals surface area contributed by atoms with Gasteiger partial charge in [0, 0.05) is 43.2 Å². The van der Waals surface area contributed by atoms with Gasteiger partial charge in [-0.3, -0.25) is 9.48 Å². The Labute approximate surface area is 182 Å². The molecule has 0 saturated carbocycles. The number of hydrogen-bond acceptors (Lipinski definition) is 6. The lowest BCUT2D eigenvalue weighted by molar-refractivity contribution is -0.126. The van der Waals surface area contributed by atoms with Crippen LogP contribution in [0.3, 0.4) is 0 Å². The van der Waals surface area contributed by atoms with Crippen LogP contribution in [0.1, 0.15) is 47.4 Å². The summed E-state index contributed by atoms with van der Waals surface area (Å²) in [5, 5.41) is 7.64. The highest BCUT2D eigenvalue weighted by Crippen LogP contribution is 2.32. The number of carbonyl (C=O) groups excluding carboxylic acids is 1. The van der Waals surface area contributed by atoms with Crippen molar-refractivity contribution in [2.45, 2.75) is 39.7 Å². The lowest BCUT2D eigenvalue weighted by Gasteiger charge is -2.23. The Bertz CT molecular complexity index is 1120. The van der Waals surface area contributed by atoms with E-state index >= 15 is 0 Å². The van der Waals surface area contributed by atoms with Crippen molar-refractivity contribution < 1.29 is 4.79 Å². The molecule has 160 valence electrons. The third kappa shape index (κ3) is 4.47. The molecule has 3 aromatic rings. The number of hydrogen-bond donors (Lipinski definition) is 1. The number of pyridine rings is 1. The van der Waals surface area contributed by atoms with Gasteiger partial charge in [-0.1, -0.05) is 6.07 Å². The van der Waals surface area contributed by atoms with E-state index in [9.17, 15) is 4.79 Å². The molecule has 1 aliphatic rings. The second-order valence-corrected chi connectivity index (χ2v) is 7.80. The molecule has 1 fully saturated rings. The minimum Gasteiger partial charge on any atom is -0.331 e. The second-order valence-electron chi connectivity index (χ2n) is 7.80. The van der Waals surface area contributed by atoms with Crippen LogP contribution in [0, 0.1) is 20.8 Å². The summed E-state index contributed by atoms with van der Waals surface area (Å²) in [6.07, 6.45) is 7.07. The predicted octanol–water partition coefficient (Wildman–Crippen LogP) is 3.65. The fourth-order valence-corrected chi connectivity index (χ4v) is 4.01. The van der Waals surface area contributed by atoms with E-state index in [1.54, 1.807) is 12.3 Å². The van der Waals surface area contributed by atoms with Gasteiger partial charge >= 0.3 is 0 Å². The van der Waals surface area contributed by atoms with Gasteiger partial charge in [-0.05, 0) is 51.8 Å². The van der Waals surface area contributed by atoms with Gasteiger partial charge in [-0.2, -0.15) is 5.10 Å². The van der Waals surface area contributed by atoms with Crippen molar-refractivity contribution in [1.29, 1.82) is 0 Å². The molecule has 4 rings (SSSR count). The highest BCUT2D eigenvalue weighted by Gasteiger charge is 2.30. The third-order valence-electron chi connectivity index (χ3n) is 5.61. The zero-order valence-electron chi connectivity index (χ0n) is 18.3. The summed E-state index contributed by atoms with van der Waals surface area (Å²) in [5.74, 6) is 2.04. The number of nitrogens with zero attached hydrogens (tertiary/aromatic N) is 6. The SMILES string of the molecule is Cc1nc(Nc2ccccn2)cc([C@@H]2CCCN2C(=O)/C=C/c2c(C)nn(C)c2C)n1. The van der Waals surface area contributed by atoms with Crippen LogP contribution in [0.2, 0.25) is 0 Å². The van der Waals surface area contributed by atoms with E-state index in [1.165, 1.54) is 0 Å². The first kappa shape index (κ1) is 20.7. The van der Waals surface area contributed by atoms with Gasteiger partial charge in [0.2, 0.25) is 5.91 Å². The zero-order valence-corrected chi connectivity index (χ0v) is 18.3. The molecule has 31 heavy (non-hydrogen) atoms. The predicted molar refractivity (Wildman–Crippen MR) is 120 cm³/mol.